The van der Waals surface area contributed by atoms with E-state index in [1.807, 2.05) is 11.8 Å². The molecule has 33 heavy (non-hydrogen) atoms. The summed E-state index contributed by atoms with van der Waals surface area (Å²) < 4.78 is 18.4. The number of benzene rings is 1. The summed E-state index contributed by atoms with van der Waals surface area (Å²) in [5.74, 6) is 0.815. The molecule has 2 heterocycles. The lowest BCUT2D eigenvalue weighted by Crippen LogP contribution is -2.49. The first kappa shape index (κ1) is 26.9. The number of amides is 1. The molecular weight excluding hydrogens is 540 g/mol. The Hall–Kier alpha value is -2.34. The van der Waals surface area contributed by atoms with Gasteiger partial charge in [0.05, 0.1) is 12.8 Å². The molecular formula is C23H33FIN5O3. The van der Waals surface area contributed by atoms with Gasteiger partial charge in [-0.3, -0.25) is 4.79 Å². The quantitative estimate of drug-likeness (QED) is 0.256. The summed E-state index contributed by atoms with van der Waals surface area (Å²) in [4.78, 5) is 21.0. The van der Waals surface area contributed by atoms with E-state index in [4.69, 9.17) is 4.42 Å². The van der Waals surface area contributed by atoms with Crippen molar-refractivity contribution < 1.29 is 18.7 Å². The summed E-state index contributed by atoms with van der Waals surface area (Å²) in [7, 11) is 0. The van der Waals surface area contributed by atoms with E-state index in [9.17, 15) is 14.3 Å². The van der Waals surface area contributed by atoms with Gasteiger partial charge in [-0.1, -0.05) is 0 Å². The average molecular weight is 573 g/mol. The molecule has 0 bridgehead atoms. The fourth-order valence-electron chi connectivity index (χ4n) is 3.55. The molecule has 1 fully saturated rings. The molecule has 1 atom stereocenters. The van der Waals surface area contributed by atoms with E-state index in [-0.39, 0.29) is 42.2 Å². The van der Waals surface area contributed by atoms with Crippen LogP contribution in [-0.4, -0.2) is 67.7 Å². The normalized spacial score (nSPS) is 16.1. The van der Waals surface area contributed by atoms with E-state index in [2.05, 4.69) is 20.5 Å². The molecule has 2 aromatic rings. The van der Waals surface area contributed by atoms with Crippen molar-refractivity contribution in [1.82, 2.24) is 15.5 Å². The van der Waals surface area contributed by atoms with Crippen LogP contribution >= 0.6 is 24.0 Å². The van der Waals surface area contributed by atoms with Crippen LogP contribution in [0.3, 0.4) is 0 Å². The van der Waals surface area contributed by atoms with Crippen LogP contribution < -0.4 is 15.5 Å². The number of halogens is 2. The number of piperazine rings is 1. The van der Waals surface area contributed by atoms with Crippen molar-refractivity contribution in [2.24, 2.45) is 4.99 Å². The molecule has 1 aliphatic rings. The van der Waals surface area contributed by atoms with Gasteiger partial charge in [-0.2, -0.15) is 0 Å². The molecule has 0 aliphatic carbocycles. The van der Waals surface area contributed by atoms with E-state index >= 15 is 0 Å². The maximum Gasteiger partial charge on any atom is 0.224 e. The van der Waals surface area contributed by atoms with Crippen molar-refractivity contribution in [3.8, 4) is 0 Å². The molecule has 1 saturated heterocycles. The van der Waals surface area contributed by atoms with Crippen LogP contribution in [0.1, 0.15) is 26.0 Å². The first-order valence-electron chi connectivity index (χ1n) is 11.0. The van der Waals surface area contributed by atoms with Crippen LogP contribution in [0, 0.1) is 5.82 Å². The van der Waals surface area contributed by atoms with Crippen molar-refractivity contribution >= 4 is 41.5 Å². The van der Waals surface area contributed by atoms with E-state index in [0.717, 1.165) is 18.8 Å². The van der Waals surface area contributed by atoms with Crippen molar-refractivity contribution in [2.45, 2.75) is 25.9 Å². The smallest absolute Gasteiger partial charge is 0.224 e. The van der Waals surface area contributed by atoms with Crippen LogP contribution in [0.25, 0.3) is 0 Å². The van der Waals surface area contributed by atoms with Gasteiger partial charge >= 0.3 is 0 Å². The number of nitrogens with one attached hydrogen (secondary N) is 2. The maximum atomic E-state index is 13.1. The topological polar surface area (TPSA) is 93.3 Å². The second-order valence-electron chi connectivity index (χ2n) is 7.97. The number of guanidine groups is 1. The molecule has 1 unspecified atom stereocenters. The molecule has 10 heteroatoms. The number of aliphatic hydroxyl groups is 1. The summed E-state index contributed by atoms with van der Waals surface area (Å²) in [6.45, 7) is 7.52. The van der Waals surface area contributed by atoms with E-state index in [1.165, 1.54) is 18.4 Å². The minimum absolute atomic E-state index is 0. The fraction of sp³-hybridized carbons (Fsp3) is 0.478. The van der Waals surface area contributed by atoms with Gasteiger partial charge in [0, 0.05) is 51.4 Å². The zero-order chi connectivity index (χ0) is 23.0. The number of carbonyl (C=O) groups excluding carboxylic acids is 1. The third kappa shape index (κ3) is 7.88. The van der Waals surface area contributed by atoms with E-state index < -0.39 is 5.60 Å². The van der Waals surface area contributed by atoms with Crippen LogP contribution in [0.2, 0.25) is 0 Å². The SMILES string of the molecule is CCNC(=NCC(C)(O)c1ccco1)NCCC(=O)N1CCN(c2ccc(F)cc2)CC1.I. The maximum absolute atomic E-state index is 13.1. The van der Waals surface area contributed by atoms with Gasteiger partial charge in [0.1, 0.15) is 17.2 Å². The Morgan fingerprint density at radius 3 is 2.48 bits per heavy atom. The summed E-state index contributed by atoms with van der Waals surface area (Å²) >= 11 is 0. The number of nitrogens with zero attached hydrogens (tertiary/aromatic N) is 3. The molecule has 182 valence electrons. The number of anilines is 1. The Labute approximate surface area is 211 Å². The van der Waals surface area contributed by atoms with Gasteiger partial charge in [-0.25, -0.2) is 9.38 Å². The number of carbonyl (C=O) groups is 1. The van der Waals surface area contributed by atoms with Gasteiger partial charge < -0.3 is 30.0 Å². The van der Waals surface area contributed by atoms with Gasteiger partial charge in [0.2, 0.25) is 5.91 Å². The second-order valence-corrected chi connectivity index (χ2v) is 7.97. The number of aliphatic imine (C=N–C) groups is 1. The number of furan rings is 1. The molecule has 3 N–H and O–H groups in total. The molecule has 1 amide bonds. The predicted octanol–water partition coefficient (Wildman–Crippen LogP) is 2.54. The molecule has 1 aromatic heterocycles. The van der Waals surface area contributed by atoms with Gasteiger partial charge in [-0.05, 0) is 50.2 Å². The standard InChI is InChI=1S/C23H32FN5O3.HI/c1-3-25-22(27-17-23(2,31)20-5-4-16-32-20)26-11-10-21(30)29-14-12-28(13-15-29)19-8-6-18(24)7-9-19;/h4-9,16,31H,3,10-15,17H2,1-2H3,(H2,25,26,27);1H. The Morgan fingerprint density at radius 2 is 1.88 bits per heavy atom. The number of hydrogen-bond acceptors (Lipinski definition) is 5. The highest BCUT2D eigenvalue weighted by Crippen LogP contribution is 2.21. The zero-order valence-corrected chi connectivity index (χ0v) is 21.4. The summed E-state index contributed by atoms with van der Waals surface area (Å²) in [5, 5.41) is 16.8. The molecule has 0 saturated carbocycles. The molecule has 1 aliphatic heterocycles. The molecule has 1 aromatic carbocycles. The Bertz CT molecular complexity index is 882. The largest absolute Gasteiger partial charge is 0.466 e. The second kappa shape index (κ2) is 12.8. The summed E-state index contributed by atoms with van der Waals surface area (Å²) in [6, 6.07) is 9.88. The number of hydrogen-bond donors (Lipinski definition) is 3. The van der Waals surface area contributed by atoms with Crippen molar-refractivity contribution in [2.75, 3.05) is 50.7 Å². The zero-order valence-electron chi connectivity index (χ0n) is 19.1. The van der Waals surface area contributed by atoms with Crippen LogP contribution in [0.5, 0.6) is 0 Å². The molecule has 8 nitrogen and oxygen atoms in total. The van der Waals surface area contributed by atoms with Crippen molar-refractivity contribution in [1.29, 1.82) is 0 Å². The highest BCUT2D eigenvalue weighted by atomic mass is 127. The van der Waals surface area contributed by atoms with Gasteiger partial charge in [0.15, 0.2) is 5.96 Å². The predicted molar refractivity (Wildman–Crippen MR) is 137 cm³/mol. The van der Waals surface area contributed by atoms with Crippen molar-refractivity contribution in [3.63, 3.8) is 0 Å². The summed E-state index contributed by atoms with van der Waals surface area (Å²) in [6.07, 6.45) is 1.86. The molecule has 0 radical (unpaired) electrons. The minimum Gasteiger partial charge on any atom is -0.466 e. The lowest BCUT2D eigenvalue weighted by molar-refractivity contribution is -0.131. The van der Waals surface area contributed by atoms with E-state index in [1.54, 1.807) is 31.2 Å². The lowest BCUT2D eigenvalue weighted by atomic mass is 10.0. The highest BCUT2D eigenvalue weighted by molar-refractivity contribution is 14.0. The first-order chi connectivity index (χ1) is 15.4. The minimum atomic E-state index is -1.22. The molecule has 3 rings (SSSR count). The molecule has 0 spiro atoms. The number of rotatable bonds is 8. The Morgan fingerprint density at radius 1 is 1.18 bits per heavy atom. The highest BCUT2D eigenvalue weighted by Gasteiger charge is 2.26. The first-order valence-corrected chi connectivity index (χ1v) is 11.0. The van der Waals surface area contributed by atoms with Crippen LogP contribution in [0.4, 0.5) is 10.1 Å². The Kier molecular flexibility index (Phi) is 10.4. The third-order valence-electron chi connectivity index (χ3n) is 5.40. The van der Waals surface area contributed by atoms with E-state index in [0.29, 0.717) is 44.3 Å². The van der Waals surface area contributed by atoms with Gasteiger partial charge in [0.25, 0.3) is 0 Å². The van der Waals surface area contributed by atoms with Crippen LogP contribution in [0.15, 0.2) is 52.1 Å². The average Bonchev–Trinajstić information content (AvgIpc) is 3.34. The lowest BCUT2D eigenvalue weighted by Gasteiger charge is -2.36. The fourth-order valence-corrected chi connectivity index (χ4v) is 3.55. The third-order valence-corrected chi connectivity index (χ3v) is 5.40. The Balaban J connectivity index is 0.00000385. The monoisotopic (exact) mass is 573 g/mol. The van der Waals surface area contributed by atoms with Crippen molar-refractivity contribution in [3.05, 3.63) is 54.2 Å². The summed E-state index contributed by atoms with van der Waals surface area (Å²) in [5.41, 5.74) is -0.247. The van der Waals surface area contributed by atoms with Crippen LogP contribution in [-0.2, 0) is 10.4 Å². The van der Waals surface area contributed by atoms with Gasteiger partial charge in [-0.15, -0.1) is 24.0 Å².